The molecule has 0 unspecified atom stereocenters. The largest absolute Gasteiger partial charge is 0.458 e. The van der Waals surface area contributed by atoms with Gasteiger partial charge in [-0.15, -0.1) is 0 Å². The fourth-order valence-electron chi connectivity index (χ4n) is 2.45. The number of nitrogens with zero attached hydrogens (tertiary/aromatic N) is 2. The molecule has 1 fully saturated rings. The summed E-state index contributed by atoms with van der Waals surface area (Å²) in [6.45, 7) is 5.57. The summed E-state index contributed by atoms with van der Waals surface area (Å²) < 4.78 is 56.7. The Hall–Kier alpha value is -1.86. The predicted octanol–water partition coefficient (Wildman–Crippen LogP) is 3.55. The van der Waals surface area contributed by atoms with E-state index in [-0.39, 0.29) is 5.82 Å². The first kappa shape index (κ1) is 17.5. The summed E-state index contributed by atoms with van der Waals surface area (Å²) >= 11 is 0. The van der Waals surface area contributed by atoms with Crippen LogP contribution >= 0.6 is 0 Å². The van der Waals surface area contributed by atoms with Crippen LogP contribution in [-0.4, -0.2) is 29.1 Å². The molecule has 2 rings (SSSR count). The summed E-state index contributed by atoms with van der Waals surface area (Å²) in [7, 11) is 0. The van der Waals surface area contributed by atoms with Crippen LogP contribution in [0, 0.1) is 5.95 Å². The number of halogens is 4. The number of alkyl halides is 3. The first-order chi connectivity index (χ1) is 10.5. The lowest BCUT2D eigenvalue weighted by molar-refractivity contribution is -0.156. The number of aromatic nitrogens is 1. The Labute approximate surface area is 131 Å². The van der Waals surface area contributed by atoms with E-state index in [0.717, 1.165) is 6.07 Å². The van der Waals surface area contributed by atoms with Crippen LogP contribution in [0.15, 0.2) is 12.1 Å². The molecule has 1 aliphatic heterocycles. The van der Waals surface area contributed by atoms with Gasteiger partial charge in [-0.2, -0.15) is 17.6 Å². The van der Waals surface area contributed by atoms with Gasteiger partial charge in [0, 0.05) is 6.54 Å². The molecule has 1 atom stereocenters. The summed E-state index contributed by atoms with van der Waals surface area (Å²) in [5, 5.41) is 0. The van der Waals surface area contributed by atoms with Crippen molar-refractivity contribution in [3.05, 3.63) is 23.6 Å². The standard InChI is InChI=1S/C15H18F4N2O2/c1-14(2,3)23-13(22)10-5-4-8-21(10)11-7-6-9(12(16)20-11)15(17,18)19/h6-7,10H,4-5,8H2,1-3H3/t10-/m0/s1. The van der Waals surface area contributed by atoms with Crippen LogP contribution in [0.25, 0.3) is 0 Å². The molecule has 0 radical (unpaired) electrons. The number of hydrogen-bond donors (Lipinski definition) is 0. The van der Waals surface area contributed by atoms with E-state index >= 15 is 0 Å². The van der Waals surface area contributed by atoms with Crippen molar-refractivity contribution in [1.29, 1.82) is 0 Å². The molecule has 1 saturated heterocycles. The number of carbonyl (C=O) groups is 1. The first-order valence-electron chi connectivity index (χ1n) is 7.22. The molecule has 1 aromatic rings. The van der Waals surface area contributed by atoms with Crippen LogP contribution in [0.4, 0.5) is 23.4 Å². The Balaban J connectivity index is 2.24. The van der Waals surface area contributed by atoms with Gasteiger partial charge in [-0.05, 0) is 45.7 Å². The second kappa shape index (κ2) is 5.98. The van der Waals surface area contributed by atoms with Gasteiger partial charge in [-0.1, -0.05) is 0 Å². The zero-order valence-electron chi connectivity index (χ0n) is 13.1. The lowest BCUT2D eigenvalue weighted by Gasteiger charge is -2.28. The maximum atomic E-state index is 13.6. The van der Waals surface area contributed by atoms with Gasteiger partial charge in [0.2, 0.25) is 5.95 Å². The molecule has 2 heterocycles. The maximum Gasteiger partial charge on any atom is 0.420 e. The third-order valence-electron chi connectivity index (χ3n) is 3.37. The van der Waals surface area contributed by atoms with Crippen molar-refractivity contribution < 1.29 is 27.1 Å². The van der Waals surface area contributed by atoms with Gasteiger partial charge in [0.1, 0.15) is 23.0 Å². The predicted molar refractivity (Wildman–Crippen MR) is 75.4 cm³/mol. The second-order valence-electron chi connectivity index (χ2n) is 6.39. The summed E-state index contributed by atoms with van der Waals surface area (Å²) in [6.07, 6.45) is -3.67. The monoisotopic (exact) mass is 334 g/mol. The Morgan fingerprint density at radius 1 is 1.30 bits per heavy atom. The first-order valence-corrected chi connectivity index (χ1v) is 7.22. The smallest absolute Gasteiger partial charge is 0.420 e. The Morgan fingerprint density at radius 3 is 2.48 bits per heavy atom. The number of rotatable bonds is 2. The van der Waals surface area contributed by atoms with Crippen molar-refractivity contribution >= 4 is 11.8 Å². The molecule has 128 valence electrons. The lowest BCUT2D eigenvalue weighted by atomic mass is 10.1. The molecule has 0 aliphatic carbocycles. The highest BCUT2D eigenvalue weighted by molar-refractivity contribution is 5.80. The summed E-state index contributed by atoms with van der Waals surface area (Å²) in [5.41, 5.74) is -2.10. The molecule has 4 nitrogen and oxygen atoms in total. The third kappa shape index (κ3) is 4.11. The van der Waals surface area contributed by atoms with Crippen LogP contribution in [0.3, 0.4) is 0 Å². The van der Waals surface area contributed by atoms with Gasteiger partial charge in [-0.3, -0.25) is 0 Å². The van der Waals surface area contributed by atoms with Gasteiger partial charge in [0.25, 0.3) is 0 Å². The summed E-state index contributed by atoms with van der Waals surface area (Å²) in [4.78, 5) is 17.1. The van der Waals surface area contributed by atoms with Crippen LogP contribution < -0.4 is 4.90 Å². The van der Waals surface area contributed by atoms with Crippen LogP contribution in [0.1, 0.15) is 39.2 Å². The second-order valence-corrected chi connectivity index (χ2v) is 6.39. The van der Waals surface area contributed by atoms with Crippen molar-refractivity contribution in [2.45, 2.75) is 51.4 Å². The highest BCUT2D eigenvalue weighted by atomic mass is 19.4. The molecule has 0 saturated carbocycles. The molecule has 1 aromatic heterocycles. The number of ether oxygens (including phenoxy) is 1. The van der Waals surface area contributed by atoms with Gasteiger partial charge in [0.05, 0.1) is 0 Å². The van der Waals surface area contributed by atoms with Crippen molar-refractivity contribution in [2.24, 2.45) is 0 Å². The molecule has 0 bridgehead atoms. The van der Waals surface area contributed by atoms with Crippen molar-refractivity contribution in [2.75, 3.05) is 11.4 Å². The van der Waals surface area contributed by atoms with Gasteiger partial charge in [0.15, 0.2) is 0 Å². The van der Waals surface area contributed by atoms with Gasteiger partial charge < -0.3 is 9.64 Å². The minimum atomic E-state index is -4.80. The van der Waals surface area contributed by atoms with Crippen LogP contribution in [0.2, 0.25) is 0 Å². The fraction of sp³-hybridized carbons (Fsp3) is 0.600. The number of esters is 1. The van der Waals surface area contributed by atoms with E-state index in [1.807, 2.05) is 0 Å². The molecular weight excluding hydrogens is 316 g/mol. The van der Waals surface area contributed by atoms with Gasteiger partial charge >= 0.3 is 12.1 Å². The maximum absolute atomic E-state index is 13.6. The number of pyridine rings is 1. The van der Waals surface area contributed by atoms with E-state index in [1.165, 1.54) is 4.90 Å². The van der Waals surface area contributed by atoms with Crippen molar-refractivity contribution in [1.82, 2.24) is 4.98 Å². The molecule has 23 heavy (non-hydrogen) atoms. The zero-order chi connectivity index (χ0) is 17.4. The van der Waals surface area contributed by atoms with Crippen molar-refractivity contribution in [3.8, 4) is 0 Å². The molecule has 8 heteroatoms. The molecule has 1 aliphatic rings. The number of hydrogen-bond acceptors (Lipinski definition) is 4. The van der Waals surface area contributed by atoms with E-state index in [2.05, 4.69) is 4.98 Å². The number of anilines is 1. The van der Waals surface area contributed by atoms with E-state index < -0.39 is 35.3 Å². The molecule has 0 aromatic carbocycles. The average molecular weight is 334 g/mol. The van der Waals surface area contributed by atoms with Crippen LogP contribution in [-0.2, 0) is 15.7 Å². The van der Waals surface area contributed by atoms with Crippen LogP contribution in [0.5, 0.6) is 0 Å². The topological polar surface area (TPSA) is 42.4 Å². The molecular formula is C15H18F4N2O2. The van der Waals surface area contributed by atoms with Gasteiger partial charge in [-0.25, -0.2) is 9.78 Å². The normalized spacial score (nSPS) is 19.1. The minimum Gasteiger partial charge on any atom is -0.458 e. The zero-order valence-corrected chi connectivity index (χ0v) is 13.1. The summed E-state index contributed by atoms with van der Waals surface area (Å²) in [6, 6.07) is 1.05. The molecule has 0 spiro atoms. The molecule has 0 amide bonds. The Morgan fingerprint density at radius 2 is 1.96 bits per heavy atom. The van der Waals surface area contributed by atoms with E-state index in [1.54, 1.807) is 20.8 Å². The third-order valence-corrected chi connectivity index (χ3v) is 3.37. The highest BCUT2D eigenvalue weighted by Gasteiger charge is 2.38. The SMILES string of the molecule is CC(C)(C)OC(=O)[C@@H]1CCCN1c1ccc(C(F)(F)F)c(F)n1. The lowest BCUT2D eigenvalue weighted by Crippen LogP contribution is -2.41. The molecule has 0 N–H and O–H groups in total. The fourth-order valence-corrected chi connectivity index (χ4v) is 2.45. The van der Waals surface area contributed by atoms with E-state index in [0.29, 0.717) is 25.5 Å². The minimum absolute atomic E-state index is 0.00357. The van der Waals surface area contributed by atoms with Crippen molar-refractivity contribution in [3.63, 3.8) is 0 Å². The Kier molecular flexibility index (Phi) is 4.54. The highest BCUT2D eigenvalue weighted by Crippen LogP contribution is 2.33. The average Bonchev–Trinajstić information content (AvgIpc) is 2.84. The quantitative estimate of drug-likeness (QED) is 0.471. The summed E-state index contributed by atoms with van der Waals surface area (Å²) in [5.74, 6) is -2.08. The van der Waals surface area contributed by atoms with E-state index in [9.17, 15) is 22.4 Å². The van der Waals surface area contributed by atoms with E-state index in [4.69, 9.17) is 4.74 Å². The number of carbonyl (C=O) groups excluding carboxylic acids is 1. The Bertz CT molecular complexity index is 596.